The minimum absolute atomic E-state index is 0.354. The zero-order valence-electron chi connectivity index (χ0n) is 8.91. The fourth-order valence-electron chi connectivity index (χ4n) is 0.777. The second-order valence-electron chi connectivity index (χ2n) is 4.00. The van der Waals surface area contributed by atoms with Crippen LogP contribution in [0.1, 0.15) is 33.6 Å². The highest BCUT2D eigenvalue weighted by molar-refractivity contribution is 6.21. The largest absolute Gasteiger partial charge is 0.389 e. The first-order valence-electron chi connectivity index (χ1n) is 4.56. The fourth-order valence-corrected chi connectivity index (χ4v) is 0.831. The van der Waals surface area contributed by atoms with Crippen LogP contribution in [0.4, 0.5) is 13.2 Å². The smallest absolute Gasteiger partial charge is 0.350 e. The minimum Gasteiger partial charge on any atom is -0.350 e. The molecule has 0 aromatic rings. The molecule has 0 bridgehead atoms. The first kappa shape index (κ1) is 14.6. The Labute approximate surface area is 92.2 Å². The summed E-state index contributed by atoms with van der Waals surface area (Å²) in [4.78, 5) is 11.1. The molecule has 1 N–H and O–H groups in total. The topological polar surface area (TPSA) is 29.1 Å². The SMILES string of the molecule is CC(Cl)C(C)(C)NC(=O)CCC(F)(F)F. The molecule has 90 valence electrons. The van der Waals surface area contributed by atoms with Crippen molar-refractivity contribution in [2.75, 3.05) is 0 Å². The third-order valence-electron chi connectivity index (χ3n) is 2.09. The molecule has 0 spiro atoms. The van der Waals surface area contributed by atoms with Gasteiger partial charge >= 0.3 is 6.18 Å². The number of halogens is 4. The first-order chi connectivity index (χ1) is 6.54. The zero-order chi connectivity index (χ0) is 12.3. The van der Waals surface area contributed by atoms with E-state index in [2.05, 4.69) is 5.32 Å². The van der Waals surface area contributed by atoms with Crippen LogP contribution in [0.3, 0.4) is 0 Å². The number of rotatable bonds is 4. The van der Waals surface area contributed by atoms with E-state index in [1.807, 2.05) is 0 Å². The summed E-state index contributed by atoms with van der Waals surface area (Å²) in [6.07, 6.45) is -5.96. The highest BCUT2D eigenvalue weighted by atomic mass is 35.5. The van der Waals surface area contributed by atoms with Crippen LogP contribution in [0.2, 0.25) is 0 Å². The van der Waals surface area contributed by atoms with E-state index in [1.165, 1.54) is 0 Å². The maximum absolute atomic E-state index is 11.8. The highest BCUT2D eigenvalue weighted by Crippen LogP contribution is 2.22. The van der Waals surface area contributed by atoms with Gasteiger partial charge in [-0.05, 0) is 20.8 Å². The summed E-state index contributed by atoms with van der Waals surface area (Å²) in [6.45, 7) is 5.00. The van der Waals surface area contributed by atoms with Gasteiger partial charge in [-0.2, -0.15) is 13.2 Å². The number of hydrogen-bond donors (Lipinski definition) is 1. The van der Waals surface area contributed by atoms with Crippen molar-refractivity contribution in [3.63, 3.8) is 0 Å². The van der Waals surface area contributed by atoms with Crippen LogP contribution in [-0.4, -0.2) is 23.0 Å². The first-order valence-corrected chi connectivity index (χ1v) is 5.00. The molecule has 0 saturated heterocycles. The molecule has 0 fully saturated rings. The van der Waals surface area contributed by atoms with Gasteiger partial charge in [-0.3, -0.25) is 4.79 Å². The van der Waals surface area contributed by atoms with Crippen molar-refractivity contribution in [2.45, 2.75) is 50.7 Å². The molecule has 1 amide bonds. The quantitative estimate of drug-likeness (QED) is 0.759. The number of amides is 1. The second-order valence-corrected chi connectivity index (χ2v) is 4.66. The second kappa shape index (κ2) is 5.05. The summed E-state index contributed by atoms with van der Waals surface area (Å²) in [7, 11) is 0. The summed E-state index contributed by atoms with van der Waals surface area (Å²) in [5.74, 6) is -0.634. The third-order valence-corrected chi connectivity index (χ3v) is 2.64. The molecule has 2 nitrogen and oxygen atoms in total. The Morgan fingerprint density at radius 2 is 1.87 bits per heavy atom. The van der Waals surface area contributed by atoms with Crippen LogP contribution in [0.15, 0.2) is 0 Å². The zero-order valence-corrected chi connectivity index (χ0v) is 9.67. The van der Waals surface area contributed by atoms with Crippen LogP contribution in [0.5, 0.6) is 0 Å². The molecule has 1 atom stereocenters. The van der Waals surface area contributed by atoms with E-state index in [4.69, 9.17) is 11.6 Å². The van der Waals surface area contributed by atoms with Gasteiger partial charge < -0.3 is 5.32 Å². The number of carbonyl (C=O) groups excluding carboxylic acids is 1. The predicted octanol–water partition coefficient (Wildman–Crippen LogP) is 2.85. The van der Waals surface area contributed by atoms with Gasteiger partial charge in [-0.1, -0.05) is 0 Å². The van der Waals surface area contributed by atoms with Gasteiger partial charge in [0, 0.05) is 6.42 Å². The van der Waals surface area contributed by atoms with Crippen molar-refractivity contribution in [1.82, 2.24) is 5.32 Å². The lowest BCUT2D eigenvalue weighted by Gasteiger charge is -2.29. The van der Waals surface area contributed by atoms with Crippen molar-refractivity contribution < 1.29 is 18.0 Å². The van der Waals surface area contributed by atoms with Crippen molar-refractivity contribution in [2.24, 2.45) is 0 Å². The maximum atomic E-state index is 11.8. The Morgan fingerprint density at radius 3 is 2.20 bits per heavy atom. The van der Waals surface area contributed by atoms with Crippen molar-refractivity contribution in [1.29, 1.82) is 0 Å². The van der Waals surface area contributed by atoms with Crippen molar-refractivity contribution in [3.8, 4) is 0 Å². The maximum Gasteiger partial charge on any atom is 0.389 e. The molecule has 0 aromatic heterocycles. The lowest BCUT2D eigenvalue weighted by Crippen LogP contribution is -2.49. The van der Waals surface area contributed by atoms with Crippen molar-refractivity contribution in [3.05, 3.63) is 0 Å². The van der Waals surface area contributed by atoms with E-state index >= 15 is 0 Å². The van der Waals surface area contributed by atoms with Crippen LogP contribution in [0, 0.1) is 0 Å². The normalized spacial score (nSPS) is 14.9. The highest BCUT2D eigenvalue weighted by Gasteiger charge is 2.30. The van der Waals surface area contributed by atoms with Crippen LogP contribution >= 0.6 is 11.6 Å². The van der Waals surface area contributed by atoms with Gasteiger partial charge in [0.15, 0.2) is 0 Å². The molecule has 0 rings (SSSR count). The molecule has 0 aromatic carbocycles. The lowest BCUT2D eigenvalue weighted by atomic mass is 10.0. The Balaban J connectivity index is 4.05. The van der Waals surface area contributed by atoms with E-state index in [0.29, 0.717) is 0 Å². The summed E-state index contributed by atoms with van der Waals surface area (Å²) < 4.78 is 35.4. The summed E-state index contributed by atoms with van der Waals surface area (Å²) in [5, 5.41) is 2.10. The molecular formula is C9H15ClF3NO. The van der Waals surface area contributed by atoms with Gasteiger partial charge in [0.25, 0.3) is 0 Å². The molecule has 0 aliphatic rings. The van der Waals surface area contributed by atoms with E-state index in [0.717, 1.165) is 0 Å². The summed E-state index contributed by atoms with van der Waals surface area (Å²) in [6, 6.07) is 0. The number of carbonyl (C=O) groups is 1. The average molecular weight is 246 g/mol. The Morgan fingerprint density at radius 1 is 1.40 bits per heavy atom. The average Bonchev–Trinajstić information content (AvgIpc) is 1.98. The number of alkyl halides is 4. The van der Waals surface area contributed by atoms with Gasteiger partial charge in [0.05, 0.1) is 17.3 Å². The molecule has 0 radical (unpaired) electrons. The molecular weight excluding hydrogens is 231 g/mol. The van der Waals surface area contributed by atoms with Crippen LogP contribution < -0.4 is 5.32 Å². The Hall–Kier alpha value is -0.450. The summed E-state index contributed by atoms with van der Waals surface area (Å²) in [5.41, 5.74) is -0.704. The Bertz CT molecular complexity index is 226. The summed E-state index contributed by atoms with van der Waals surface area (Å²) >= 11 is 5.77. The van der Waals surface area contributed by atoms with Gasteiger partial charge in [-0.25, -0.2) is 0 Å². The van der Waals surface area contributed by atoms with E-state index in [-0.39, 0.29) is 5.38 Å². The van der Waals surface area contributed by atoms with Gasteiger partial charge in [0.1, 0.15) is 0 Å². The molecule has 0 saturated carbocycles. The molecule has 0 heterocycles. The van der Waals surface area contributed by atoms with E-state index < -0.39 is 30.5 Å². The molecule has 0 aliphatic heterocycles. The predicted molar refractivity (Wildman–Crippen MR) is 52.8 cm³/mol. The van der Waals surface area contributed by atoms with Crippen molar-refractivity contribution >= 4 is 17.5 Å². The lowest BCUT2D eigenvalue weighted by molar-refractivity contribution is -0.144. The molecule has 15 heavy (non-hydrogen) atoms. The molecule has 6 heteroatoms. The number of nitrogens with one attached hydrogen (secondary N) is 1. The Kier molecular flexibility index (Phi) is 4.90. The fraction of sp³-hybridized carbons (Fsp3) is 0.889. The van der Waals surface area contributed by atoms with E-state index in [9.17, 15) is 18.0 Å². The van der Waals surface area contributed by atoms with Gasteiger partial charge in [-0.15, -0.1) is 11.6 Å². The standard InChI is InChI=1S/C9H15ClF3NO/c1-6(10)8(2,3)14-7(15)4-5-9(11,12)13/h6H,4-5H2,1-3H3,(H,14,15). The van der Waals surface area contributed by atoms with Crippen LogP contribution in [-0.2, 0) is 4.79 Å². The third kappa shape index (κ3) is 6.60. The van der Waals surface area contributed by atoms with E-state index in [1.54, 1.807) is 20.8 Å². The minimum atomic E-state index is -4.30. The monoisotopic (exact) mass is 245 g/mol. The van der Waals surface area contributed by atoms with Crippen LogP contribution in [0.25, 0.3) is 0 Å². The molecule has 1 unspecified atom stereocenters. The molecule has 0 aliphatic carbocycles. The number of hydrogen-bond acceptors (Lipinski definition) is 1. The van der Waals surface area contributed by atoms with Gasteiger partial charge in [0.2, 0.25) is 5.91 Å².